The topological polar surface area (TPSA) is 97.0 Å². The minimum absolute atomic E-state index is 0.207. The highest BCUT2D eigenvalue weighted by atomic mass is 32.2. The molecule has 0 unspecified atom stereocenters. The van der Waals surface area contributed by atoms with Crippen LogP contribution in [0, 0.1) is 0 Å². The average molecular weight is 397 g/mol. The Morgan fingerprint density at radius 3 is 2.62 bits per heavy atom. The van der Waals surface area contributed by atoms with Crippen molar-refractivity contribution in [2.24, 2.45) is 0 Å². The van der Waals surface area contributed by atoms with Crippen molar-refractivity contribution in [1.82, 2.24) is 14.9 Å². The third-order valence-electron chi connectivity index (χ3n) is 3.69. The zero-order chi connectivity index (χ0) is 18.7. The lowest BCUT2D eigenvalue weighted by Gasteiger charge is -2.09. The quantitative estimate of drug-likeness (QED) is 0.774. The van der Waals surface area contributed by atoms with Gasteiger partial charge in [0.25, 0.3) is 10.0 Å². The molecule has 0 bridgehead atoms. The Bertz CT molecular complexity index is 908. The fourth-order valence-corrected chi connectivity index (χ4v) is 4.70. The molecule has 0 aliphatic carbocycles. The number of rotatable bonds is 6. The first-order chi connectivity index (χ1) is 12.4. The first-order valence-corrected chi connectivity index (χ1v) is 10.0. The van der Waals surface area contributed by atoms with E-state index in [2.05, 4.69) is 10.6 Å². The van der Waals surface area contributed by atoms with Crippen LogP contribution in [0.4, 0.5) is 4.79 Å². The molecule has 2 amide bonds. The summed E-state index contributed by atoms with van der Waals surface area (Å²) in [4.78, 5) is 12.7. The molecule has 26 heavy (non-hydrogen) atoms. The zero-order valence-corrected chi connectivity index (χ0v) is 15.9. The molecule has 2 N–H and O–H groups in total. The predicted octanol–water partition coefficient (Wildman–Crippen LogP) is 1.73. The molecular weight excluding hydrogens is 378 g/mol. The van der Waals surface area contributed by atoms with Crippen molar-refractivity contribution in [2.45, 2.75) is 17.3 Å². The lowest BCUT2D eigenvalue weighted by Crippen LogP contribution is -2.34. The normalized spacial score (nSPS) is 13.0. The van der Waals surface area contributed by atoms with Gasteiger partial charge < -0.3 is 20.1 Å². The van der Waals surface area contributed by atoms with E-state index in [0.717, 1.165) is 26.1 Å². The molecule has 1 aliphatic rings. The first-order valence-electron chi connectivity index (χ1n) is 7.78. The van der Waals surface area contributed by atoms with Crippen LogP contribution in [-0.2, 0) is 23.1 Å². The summed E-state index contributed by atoms with van der Waals surface area (Å²) < 4.78 is 36.0. The highest BCUT2D eigenvalue weighted by Gasteiger charge is 2.19. The van der Waals surface area contributed by atoms with Crippen molar-refractivity contribution in [3.63, 3.8) is 0 Å². The van der Waals surface area contributed by atoms with Crippen molar-refractivity contribution in [3.05, 3.63) is 40.8 Å². The van der Waals surface area contributed by atoms with Crippen molar-refractivity contribution >= 4 is 27.4 Å². The van der Waals surface area contributed by atoms with Crippen LogP contribution in [0.2, 0.25) is 0 Å². The van der Waals surface area contributed by atoms with Crippen LogP contribution >= 0.6 is 11.3 Å². The van der Waals surface area contributed by atoms with Crippen LogP contribution in [0.25, 0.3) is 0 Å². The molecule has 2 aromatic rings. The summed E-state index contributed by atoms with van der Waals surface area (Å²) in [5.41, 5.74) is 0.889. The summed E-state index contributed by atoms with van der Waals surface area (Å²) >= 11 is 1.14. The number of hydrogen-bond donors (Lipinski definition) is 2. The summed E-state index contributed by atoms with van der Waals surface area (Å²) in [6.45, 7) is 0.798. The van der Waals surface area contributed by atoms with Gasteiger partial charge in [-0.15, -0.1) is 11.3 Å². The molecule has 8 nitrogen and oxygen atoms in total. The number of carbonyl (C=O) groups excluding carboxylic acids is 1. The van der Waals surface area contributed by atoms with Gasteiger partial charge in [-0.3, -0.25) is 0 Å². The number of nitrogens with zero attached hydrogens (tertiary/aromatic N) is 1. The van der Waals surface area contributed by atoms with Crippen LogP contribution in [0.15, 0.2) is 34.5 Å². The monoisotopic (exact) mass is 397 g/mol. The van der Waals surface area contributed by atoms with Crippen LogP contribution in [0.5, 0.6) is 11.5 Å². The number of nitrogens with one attached hydrogen (secondary N) is 2. The van der Waals surface area contributed by atoms with E-state index in [1.807, 2.05) is 12.1 Å². The van der Waals surface area contributed by atoms with Crippen LogP contribution in [0.1, 0.15) is 10.4 Å². The van der Waals surface area contributed by atoms with Gasteiger partial charge in [0.2, 0.25) is 6.79 Å². The Hall–Kier alpha value is -2.30. The Balaban J connectivity index is 1.49. The summed E-state index contributed by atoms with van der Waals surface area (Å²) in [7, 11) is -0.479. The molecule has 10 heteroatoms. The van der Waals surface area contributed by atoms with Crippen LogP contribution in [0.3, 0.4) is 0 Å². The minimum Gasteiger partial charge on any atom is -0.454 e. The Labute approximate surface area is 155 Å². The van der Waals surface area contributed by atoms with Crippen molar-refractivity contribution in [2.75, 3.05) is 20.9 Å². The zero-order valence-electron chi connectivity index (χ0n) is 14.3. The fraction of sp³-hybridized carbons (Fsp3) is 0.312. The molecule has 2 heterocycles. The SMILES string of the molecule is CN(C)S(=O)(=O)c1ccc(CNC(=O)NCc2ccc3c(c2)OCO3)s1. The van der Waals surface area contributed by atoms with E-state index in [4.69, 9.17) is 9.47 Å². The summed E-state index contributed by atoms with van der Waals surface area (Å²) in [5, 5.41) is 5.46. The van der Waals surface area contributed by atoms with Gasteiger partial charge in [0.15, 0.2) is 11.5 Å². The van der Waals surface area contributed by atoms with Crippen LogP contribution in [-0.4, -0.2) is 39.6 Å². The molecule has 0 saturated heterocycles. The minimum atomic E-state index is -3.44. The second-order valence-electron chi connectivity index (χ2n) is 5.73. The predicted molar refractivity (Wildman–Crippen MR) is 96.8 cm³/mol. The molecule has 3 rings (SSSR count). The highest BCUT2D eigenvalue weighted by molar-refractivity contribution is 7.91. The summed E-state index contributed by atoms with van der Waals surface area (Å²) in [5.74, 6) is 1.36. The number of benzene rings is 1. The lowest BCUT2D eigenvalue weighted by molar-refractivity contribution is 0.174. The average Bonchev–Trinajstić information content (AvgIpc) is 3.26. The summed E-state index contributed by atoms with van der Waals surface area (Å²) in [6, 6.07) is 8.37. The van der Waals surface area contributed by atoms with Gasteiger partial charge in [-0.25, -0.2) is 17.5 Å². The molecule has 1 aromatic carbocycles. The maximum Gasteiger partial charge on any atom is 0.315 e. The number of fused-ring (bicyclic) bond motifs is 1. The van der Waals surface area contributed by atoms with Gasteiger partial charge in [-0.1, -0.05) is 6.07 Å². The molecule has 1 aliphatic heterocycles. The van der Waals surface area contributed by atoms with Gasteiger partial charge in [0.05, 0.1) is 6.54 Å². The molecule has 1 aromatic heterocycles. The second kappa shape index (κ2) is 7.52. The number of carbonyl (C=O) groups is 1. The highest BCUT2D eigenvalue weighted by Crippen LogP contribution is 2.32. The molecular formula is C16H19N3O5S2. The number of ether oxygens (including phenoxy) is 2. The van der Waals surface area contributed by atoms with E-state index < -0.39 is 10.0 Å². The Morgan fingerprint density at radius 2 is 1.85 bits per heavy atom. The summed E-state index contributed by atoms with van der Waals surface area (Å²) in [6.07, 6.45) is 0. The van der Waals surface area contributed by atoms with Gasteiger partial charge >= 0.3 is 6.03 Å². The van der Waals surface area contributed by atoms with Gasteiger partial charge in [-0.2, -0.15) is 0 Å². The lowest BCUT2D eigenvalue weighted by atomic mass is 10.2. The van der Waals surface area contributed by atoms with E-state index in [-0.39, 0.29) is 23.6 Å². The van der Waals surface area contributed by atoms with E-state index in [1.54, 1.807) is 18.2 Å². The first kappa shape index (κ1) is 18.5. The number of urea groups is 1. The molecule has 0 radical (unpaired) electrons. The van der Waals surface area contributed by atoms with Gasteiger partial charge in [0, 0.05) is 25.5 Å². The number of sulfonamides is 1. The number of thiophene rings is 1. The third kappa shape index (κ3) is 4.09. The standard InChI is InChI=1S/C16H19N3O5S2/c1-19(2)26(21,22)15-6-4-12(25-15)9-18-16(20)17-8-11-3-5-13-14(7-11)24-10-23-13/h3-7H,8-10H2,1-2H3,(H2,17,18,20). The molecule has 0 saturated carbocycles. The van der Waals surface area contributed by atoms with Crippen molar-refractivity contribution in [1.29, 1.82) is 0 Å². The van der Waals surface area contributed by atoms with E-state index in [9.17, 15) is 13.2 Å². The van der Waals surface area contributed by atoms with E-state index in [0.29, 0.717) is 18.0 Å². The molecule has 0 fully saturated rings. The molecule has 140 valence electrons. The maximum atomic E-state index is 12.0. The van der Waals surface area contributed by atoms with Crippen LogP contribution < -0.4 is 20.1 Å². The fourth-order valence-electron chi connectivity index (χ4n) is 2.23. The Kier molecular flexibility index (Phi) is 5.35. The second-order valence-corrected chi connectivity index (χ2v) is 9.28. The maximum absolute atomic E-state index is 12.0. The van der Waals surface area contributed by atoms with E-state index >= 15 is 0 Å². The number of amides is 2. The van der Waals surface area contributed by atoms with E-state index in [1.165, 1.54) is 14.1 Å². The number of hydrogen-bond acceptors (Lipinski definition) is 6. The smallest absolute Gasteiger partial charge is 0.315 e. The third-order valence-corrected chi connectivity index (χ3v) is 7.05. The Morgan fingerprint density at radius 1 is 1.12 bits per heavy atom. The molecule has 0 atom stereocenters. The van der Waals surface area contributed by atoms with Crippen molar-refractivity contribution in [3.8, 4) is 11.5 Å². The van der Waals surface area contributed by atoms with Gasteiger partial charge in [-0.05, 0) is 29.8 Å². The molecule has 0 spiro atoms. The van der Waals surface area contributed by atoms with Crippen molar-refractivity contribution < 1.29 is 22.7 Å². The van der Waals surface area contributed by atoms with Gasteiger partial charge in [0.1, 0.15) is 4.21 Å². The largest absolute Gasteiger partial charge is 0.454 e.